The van der Waals surface area contributed by atoms with E-state index < -0.39 is 40.9 Å². The van der Waals surface area contributed by atoms with E-state index in [1.54, 1.807) is 6.92 Å². The molecule has 1 aliphatic heterocycles. The van der Waals surface area contributed by atoms with Gasteiger partial charge in [0.25, 0.3) is 5.91 Å². The summed E-state index contributed by atoms with van der Waals surface area (Å²) in [5.41, 5.74) is -3.22. The summed E-state index contributed by atoms with van der Waals surface area (Å²) in [6.45, 7) is 2.09. The molecule has 1 atom stereocenters. The van der Waals surface area contributed by atoms with Crippen molar-refractivity contribution in [2.45, 2.75) is 25.4 Å². The van der Waals surface area contributed by atoms with E-state index in [1.807, 2.05) is 0 Å². The molecule has 1 saturated heterocycles. The maximum Gasteiger partial charge on any atom is 0.434 e. The molecule has 0 unspecified atom stereocenters. The van der Waals surface area contributed by atoms with Crippen LogP contribution < -0.4 is 0 Å². The van der Waals surface area contributed by atoms with Gasteiger partial charge in [0.05, 0.1) is 30.0 Å². The van der Waals surface area contributed by atoms with Crippen molar-refractivity contribution < 1.29 is 35.9 Å². The van der Waals surface area contributed by atoms with Crippen molar-refractivity contribution in [2.24, 2.45) is 0 Å². The Bertz CT molecular complexity index is 859. The van der Waals surface area contributed by atoms with E-state index in [0.29, 0.717) is 16.9 Å². The molecule has 0 spiro atoms. The molecule has 0 bridgehead atoms. The maximum atomic E-state index is 13.6. The molecule has 0 radical (unpaired) electrons. The molecule has 1 aliphatic rings. The third-order valence-electron chi connectivity index (χ3n) is 4.09. The predicted molar refractivity (Wildman–Crippen MR) is 82.7 cm³/mol. The minimum atomic E-state index is -4.98. The summed E-state index contributed by atoms with van der Waals surface area (Å²) < 4.78 is 84.4. The standard InChI is InChI=1S/C16H14F6N4O2/c1-9-8-25(4-5-28-9)14(27)11-7-24-26(13(11)16(20,21)22)12-3-2-10(6-23-12)15(17,18)19/h2-3,6-7,9H,4-5,8H2,1H3/t9-/m1/s1. The number of aromatic nitrogens is 3. The van der Waals surface area contributed by atoms with Gasteiger partial charge in [-0.3, -0.25) is 4.79 Å². The minimum Gasteiger partial charge on any atom is -0.375 e. The van der Waals surface area contributed by atoms with Crippen molar-refractivity contribution in [2.75, 3.05) is 19.7 Å². The van der Waals surface area contributed by atoms with Gasteiger partial charge in [-0.2, -0.15) is 31.4 Å². The van der Waals surface area contributed by atoms with Crippen LogP contribution in [0.4, 0.5) is 26.3 Å². The summed E-state index contributed by atoms with van der Waals surface area (Å²) in [7, 11) is 0. The first-order valence-corrected chi connectivity index (χ1v) is 8.08. The van der Waals surface area contributed by atoms with Gasteiger partial charge < -0.3 is 9.64 Å². The van der Waals surface area contributed by atoms with Gasteiger partial charge in [-0.25, -0.2) is 9.67 Å². The van der Waals surface area contributed by atoms with Gasteiger partial charge in [0.15, 0.2) is 11.5 Å². The third kappa shape index (κ3) is 3.96. The van der Waals surface area contributed by atoms with Crippen LogP contribution in [0.2, 0.25) is 0 Å². The van der Waals surface area contributed by atoms with Crippen molar-refractivity contribution in [1.82, 2.24) is 19.7 Å². The lowest BCUT2D eigenvalue weighted by Gasteiger charge is -2.31. The summed E-state index contributed by atoms with van der Waals surface area (Å²) in [5, 5.41) is 3.55. The van der Waals surface area contributed by atoms with Gasteiger partial charge in [-0.05, 0) is 19.1 Å². The summed E-state index contributed by atoms with van der Waals surface area (Å²) in [6.07, 6.45) is -8.86. The number of morpholine rings is 1. The Balaban J connectivity index is 2.01. The smallest absolute Gasteiger partial charge is 0.375 e. The number of hydrogen-bond donors (Lipinski definition) is 0. The minimum absolute atomic E-state index is 0.111. The summed E-state index contributed by atoms with van der Waals surface area (Å²) in [5.74, 6) is -1.38. The predicted octanol–water partition coefficient (Wildman–Crippen LogP) is 3.17. The molecule has 152 valence electrons. The van der Waals surface area contributed by atoms with Gasteiger partial charge in [-0.1, -0.05) is 0 Å². The lowest BCUT2D eigenvalue weighted by molar-refractivity contribution is -0.143. The van der Waals surface area contributed by atoms with Crippen molar-refractivity contribution in [3.05, 3.63) is 41.3 Å². The van der Waals surface area contributed by atoms with Crippen molar-refractivity contribution in [3.8, 4) is 5.82 Å². The Morgan fingerprint density at radius 3 is 2.39 bits per heavy atom. The average Bonchev–Trinajstić information content (AvgIpc) is 3.06. The Morgan fingerprint density at radius 2 is 1.86 bits per heavy atom. The lowest BCUT2D eigenvalue weighted by atomic mass is 10.2. The fourth-order valence-electron chi connectivity index (χ4n) is 2.80. The highest BCUT2D eigenvalue weighted by Gasteiger charge is 2.42. The molecule has 0 saturated carbocycles. The lowest BCUT2D eigenvalue weighted by Crippen LogP contribution is -2.45. The molecule has 1 fully saturated rings. The van der Waals surface area contributed by atoms with E-state index in [2.05, 4.69) is 10.1 Å². The molecule has 2 aromatic heterocycles. The van der Waals surface area contributed by atoms with Gasteiger partial charge in [0.1, 0.15) is 0 Å². The quantitative estimate of drug-likeness (QED) is 0.717. The average molecular weight is 408 g/mol. The molecule has 3 heterocycles. The Labute approximate surface area is 154 Å². The number of rotatable bonds is 2. The number of nitrogens with zero attached hydrogens (tertiary/aromatic N) is 4. The summed E-state index contributed by atoms with van der Waals surface area (Å²) in [4.78, 5) is 17.2. The van der Waals surface area contributed by atoms with Gasteiger partial charge in [-0.15, -0.1) is 0 Å². The van der Waals surface area contributed by atoms with Crippen molar-refractivity contribution in [3.63, 3.8) is 0 Å². The van der Waals surface area contributed by atoms with E-state index in [1.165, 1.54) is 4.90 Å². The number of hydrogen-bond acceptors (Lipinski definition) is 4. The molecule has 28 heavy (non-hydrogen) atoms. The highest BCUT2D eigenvalue weighted by molar-refractivity contribution is 5.95. The number of carbonyl (C=O) groups is 1. The zero-order chi connectivity index (χ0) is 20.7. The van der Waals surface area contributed by atoms with Crippen LogP contribution in [-0.4, -0.2) is 51.4 Å². The van der Waals surface area contributed by atoms with E-state index >= 15 is 0 Å². The maximum absolute atomic E-state index is 13.6. The van der Waals surface area contributed by atoms with Crippen LogP contribution in [0.25, 0.3) is 5.82 Å². The van der Waals surface area contributed by atoms with Crippen molar-refractivity contribution >= 4 is 5.91 Å². The fraction of sp³-hybridized carbons (Fsp3) is 0.438. The molecule has 0 aromatic carbocycles. The molecule has 12 heteroatoms. The van der Waals surface area contributed by atoms with Crippen LogP contribution in [0, 0.1) is 0 Å². The van der Waals surface area contributed by atoms with Crippen LogP contribution in [0.3, 0.4) is 0 Å². The fourth-order valence-corrected chi connectivity index (χ4v) is 2.80. The summed E-state index contributed by atoms with van der Waals surface area (Å²) >= 11 is 0. The van der Waals surface area contributed by atoms with E-state index in [0.717, 1.165) is 12.3 Å². The molecular formula is C16H14F6N4O2. The van der Waals surface area contributed by atoms with E-state index in [-0.39, 0.29) is 25.8 Å². The highest BCUT2D eigenvalue weighted by atomic mass is 19.4. The number of halogens is 6. The number of carbonyl (C=O) groups excluding carboxylic acids is 1. The second-order valence-electron chi connectivity index (χ2n) is 6.15. The second kappa shape index (κ2) is 7.08. The Kier molecular flexibility index (Phi) is 5.08. The number of alkyl halides is 6. The zero-order valence-corrected chi connectivity index (χ0v) is 14.4. The van der Waals surface area contributed by atoms with E-state index in [9.17, 15) is 31.1 Å². The van der Waals surface area contributed by atoms with Crippen LogP contribution in [0.5, 0.6) is 0 Å². The first-order valence-electron chi connectivity index (χ1n) is 8.08. The van der Waals surface area contributed by atoms with Gasteiger partial charge in [0.2, 0.25) is 0 Å². The molecule has 3 rings (SSSR count). The molecule has 0 N–H and O–H groups in total. The normalized spacial score (nSPS) is 18.4. The van der Waals surface area contributed by atoms with Crippen molar-refractivity contribution in [1.29, 1.82) is 0 Å². The summed E-state index contributed by atoms with van der Waals surface area (Å²) in [6, 6.07) is 1.35. The molecule has 1 amide bonds. The van der Waals surface area contributed by atoms with E-state index in [4.69, 9.17) is 4.74 Å². The molecular weight excluding hydrogens is 394 g/mol. The van der Waals surface area contributed by atoms with Crippen LogP contribution in [-0.2, 0) is 17.1 Å². The molecule has 6 nitrogen and oxygen atoms in total. The second-order valence-corrected chi connectivity index (χ2v) is 6.15. The SMILES string of the molecule is C[C@@H]1CN(C(=O)c2cnn(-c3ccc(C(F)(F)F)cn3)c2C(F)(F)F)CCO1. The topological polar surface area (TPSA) is 60.2 Å². The zero-order valence-electron chi connectivity index (χ0n) is 14.4. The largest absolute Gasteiger partial charge is 0.434 e. The number of pyridine rings is 1. The molecule has 0 aliphatic carbocycles. The Morgan fingerprint density at radius 1 is 1.14 bits per heavy atom. The van der Waals surface area contributed by atoms with Gasteiger partial charge in [0, 0.05) is 19.3 Å². The monoisotopic (exact) mass is 408 g/mol. The first-order chi connectivity index (χ1) is 13.0. The van der Waals surface area contributed by atoms with Gasteiger partial charge >= 0.3 is 12.4 Å². The van der Waals surface area contributed by atoms with Crippen LogP contribution in [0.15, 0.2) is 24.5 Å². The van der Waals surface area contributed by atoms with Crippen LogP contribution in [0.1, 0.15) is 28.5 Å². The number of amides is 1. The van der Waals surface area contributed by atoms with Crippen LogP contribution >= 0.6 is 0 Å². The first kappa shape index (κ1) is 20.1. The number of ether oxygens (including phenoxy) is 1. The molecule has 2 aromatic rings. The Hall–Kier alpha value is -2.63. The third-order valence-corrected chi connectivity index (χ3v) is 4.09. The highest BCUT2D eigenvalue weighted by Crippen LogP contribution is 2.35.